The van der Waals surface area contributed by atoms with Gasteiger partial charge in [-0.1, -0.05) is 22.0 Å². The lowest BCUT2D eigenvalue weighted by atomic mass is 9.98. The Morgan fingerprint density at radius 2 is 2.23 bits per heavy atom. The summed E-state index contributed by atoms with van der Waals surface area (Å²) in [6.45, 7) is 3.22. The number of nitrogens with zero attached hydrogens (tertiary/aromatic N) is 1. The van der Waals surface area contributed by atoms with E-state index in [1.165, 1.54) is 0 Å². The molecule has 22 heavy (non-hydrogen) atoms. The lowest BCUT2D eigenvalue weighted by molar-refractivity contribution is -0.151. The van der Waals surface area contributed by atoms with Crippen LogP contribution in [-0.2, 0) is 14.3 Å². The fourth-order valence-electron chi connectivity index (χ4n) is 2.45. The van der Waals surface area contributed by atoms with E-state index in [4.69, 9.17) is 9.47 Å². The average molecular weight is 370 g/mol. The van der Waals surface area contributed by atoms with Gasteiger partial charge in [-0.25, -0.2) is 0 Å². The normalized spacial score (nSPS) is 17.9. The van der Waals surface area contributed by atoms with Gasteiger partial charge < -0.3 is 14.4 Å². The molecule has 1 aromatic rings. The summed E-state index contributed by atoms with van der Waals surface area (Å²) in [7, 11) is 0. The zero-order valence-corrected chi connectivity index (χ0v) is 14.2. The second kappa shape index (κ2) is 8.17. The van der Waals surface area contributed by atoms with E-state index in [0.29, 0.717) is 25.4 Å². The minimum atomic E-state index is -0.219. The van der Waals surface area contributed by atoms with E-state index in [1.54, 1.807) is 17.9 Å². The molecule has 1 fully saturated rings. The van der Waals surface area contributed by atoms with Gasteiger partial charge in [-0.2, -0.15) is 0 Å². The van der Waals surface area contributed by atoms with Crippen LogP contribution in [0.4, 0.5) is 0 Å². The van der Waals surface area contributed by atoms with E-state index >= 15 is 0 Å². The maximum Gasteiger partial charge on any atom is 0.310 e. The zero-order valence-electron chi connectivity index (χ0n) is 12.6. The number of esters is 1. The summed E-state index contributed by atoms with van der Waals surface area (Å²) in [6.07, 6.45) is 1.58. The molecule has 1 aromatic carbocycles. The Morgan fingerprint density at radius 1 is 1.41 bits per heavy atom. The Hall–Kier alpha value is -1.56. The van der Waals surface area contributed by atoms with Crippen molar-refractivity contribution in [2.75, 3.05) is 26.3 Å². The first kappa shape index (κ1) is 16.8. The van der Waals surface area contributed by atoms with Crippen molar-refractivity contribution in [1.82, 2.24) is 4.90 Å². The summed E-state index contributed by atoms with van der Waals surface area (Å²) >= 11 is 3.36. The summed E-state index contributed by atoms with van der Waals surface area (Å²) < 4.78 is 11.4. The summed E-state index contributed by atoms with van der Waals surface area (Å²) in [4.78, 5) is 25.7. The number of hydrogen-bond acceptors (Lipinski definition) is 4. The Balaban J connectivity index is 1.85. The third-order valence-electron chi connectivity index (χ3n) is 3.55. The zero-order chi connectivity index (χ0) is 15.9. The largest absolute Gasteiger partial charge is 0.484 e. The molecule has 1 aliphatic heterocycles. The number of ether oxygens (including phenoxy) is 2. The molecule has 0 aromatic heterocycles. The van der Waals surface area contributed by atoms with Gasteiger partial charge in [0.05, 0.1) is 12.5 Å². The number of rotatable bonds is 5. The summed E-state index contributed by atoms with van der Waals surface area (Å²) in [5.41, 5.74) is 0. The van der Waals surface area contributed by atoms with Gasteiger partial charge in [0.2, 0.25) is 0 Å². The molecule has 2 rings (SSSR count). The van der Waals surface area contributed by atoms with Crippen molar-refractivity contribution in [3.63, 3.8) is 0 Å². The minimum Gasteiger partial charge on any atom is -0.484 e. The second-order valence-corrected chi connectivity index (χ2v) is 6.09. The predicted octanol–water partition coefficient (Wildman–Crippen LogP) is 2.63. The fourth-order valence-corrected chi connectivity index (χ4v) is 2.83. The molecule has 120 valence electrons. The molecule has 1 saturated heterocycles. The number of piperidine rings is 1. The number of hydrogen-bond donors (Lipinski definition) is 0. The molecular weight excluding hydrogens is 350 g/mol. The fraction of sp³-hybridized carbons (Fsp3) is 0.500. The van der Waals surface area contributed by atoms with Crippen LogP contribution in [0, 0.1) is 5.92 Å². The number of carbonyl (C=O) groups excluding carboxylic acids is 2. The second-order valence-electron chi connectivity index (χ2n) is 5.18. The molecule has 1 aliphatic rings. The first-order chi connectivity index (χ1) is 10.6. The predicted molar refractivity (Wildman–Crippen MR) is 85.6 cm³/mol. The number of halogens is 1. The molecule has 0 bridgehead atoms. The molecule has 1 atom stereocenters. The molecule has 0 N–H and O–H groups in total. The summed E-state index contributed by atoms with van der Waals surface area (Å²) in [5, 5.41) is 0. The Labute approximate surface area is 138 Å². The first-order valence-corrected chi connectivity index (χ1v) is 8.22. The highest BCUT2D eigenvalue weighted by Gasteiger charge is 2.29. The van der Waals surface area contributed by atoms with Crippen LogP contribution in [0.3, 0.4) is 0 Å². The third kappa shape index (κ3) is 4.73. The van der Waals surface area contributed by atoms with Crippen LogP contribution in [0.1, 0.15) is 19.8 Å². The maximum absolute atomic E-state index is 12.2. The van der Waals surface area contributed by atoms with Gasteiger partial charge in [0.1, 0.15) is 5.75 Å². The SMILES string of the molecule is CCOC(=O)[C@H]1CCCN(C(=O)COc2cccc(Br)c2)C1. The average Bonchev–Trinajstić information content (AvgIpc) is 2.53. The van der Waals surface area contributed by atoms with Gasteiger partial charge >= 0.3 is 5.97 Å². The third-order valence-corrected chi connectivity index (χ3v) is 4.05. The number of likely N-dealkylation sites (tertiary alicyclic amines) is 1. The van der Waals surface area contributed by atoms with Gasteiger partial charge in [0, 0.05) is 17.6 Å². The van der Waals surface area contributed by atoms with Crippen LogP contribution in [0.2, 0.25) is 0 Å². The van der Waals surface area contributed by atoms with Crippen molar-refractivity contribution in [3.8, 4) is 5.75 Å². The van der Waals surface area contributed by atoms with Crippen molar-refractivity contribution in [1.29, 1.82) is 0 Å². The van der Waals surface area contributed by atoms with Crippen LogP contribution >= 0.6 is 15.9 Å². The summed E-state index contributed by atoms with van der Waals surface area (Å²) in [5.74, 6) is 0.104. The molecule has 0 spiro atoms. The maximum atomic E-state index is 12.2. The lowest BCUT2D eigenvalue weighted by Crippen LogP contribution is -2.44. The quantitative estimate of drug-likeness (QED) is 0.748. The van der Waals surface area contributed by atoms with E-state index in [1.807, 2.05) is 18.2 Å². The molecule has 5 nitrogen and oxygen atoms in total. The standard InChI is InChI=1S/C16H20BrNO4/c1-2-21-16(20)12-5-4-8-18(10-12)15(19)11-22-14-7-3-6-13(17)9-14/h3,6-7,9,12H,2,4-5,8,10-11H2,1H3/t12-/m0/s1. The molecular formula is C16H20BrNO4. The highest BCUT2D eigenvalue weighted by molar-refractivity contribution is 9.10. The van der Waals surface area contributed by atoms with E-state index in [2.05, 4.69) is 15.9 Å². The van der Waals surface area contributed by atoms with Crippen molar-refractivity contribution in [2.45, 2.75) is 19.8 Å². The van der Waals surface area contributed by atoms with Gasteiger partial charge in [-0.3, -0.25) is 9.59 Å². The molecule has 1 amide bonds. The highest BCUT2D eigenvalue weighted by Crippen LogP contribution is 2.20. The van der Waals surface area contributed by atoms with Crippen LogP contribution in [0.25, 0.3) is 0 Å². The van der Waals surface area contributed by atoms with E-state index in [-0.39, 0.29) is 24.4 Å². The molecule has 1 heterocycles. The number of carbonyl (C=O) groups is 2. The van der Waals surface area contributed by atoms with Crippen LogP contribution < -0.4 is 4.74 Å². The van der Waals surface area contributed by atoms with Gasteiger partial charge in [-0.15, -0.1) is 0 Å². The van der Waals surface area contributed by atoms with E-state index < -0.39 is 0 Å². The minimum absolute atomic E-state index is 0.0218. The smallest absolute Gasteiger partial charge is 0.310 e. The first-order valence-electron chi connectivity index (χ1n) is 7.43. The van der Waals surface area contributed by atoms with E-state index in [9.17, 15) is 9.59 Å². The Bertz CT molecular complexity index is 535. The molecule has 6 heteroatoms. The van der Waals surface area contributed by atoms with Gasteiger partial charge in [0.25, 0.3) is 5.91 Å². The van der Waals surface area contributed by atoms with Crippen LogP contribution in [0.5, 0.6) is 5.75 Å². The van der Waals surface area contributed by atoms with Crippen LogP contribution in [-0.4, -0.2) is 43.1 Å². The number of benzene rings is 1. The molecule has 0 aliphatic carbocycles. The number of amides is 1. The van der Waals surface area contributed by atoms with E-state index in [0.717, 1.165) is 17.3 Å². The monoisotopic (exact) mass is 369 g/mol. The molecule has 0 radical (unpaired) electrons. The topological polar surface area (TPSA) is 55.8 Å². The van der Waals surface area contributed by atoms with Gasteiger partial charge in [-0.05, 0) is 38.0 Å². The van der Waals surface area contributed by atoms with Crippen molar-refractivity contribution < 1.29 is 19.1 Å². The van der Waals surface area contributed by atoms with Crippen molar-refractivity contribution >= 4 is 27.8 Å². The van der Waals surface area contributed by atoms with Crippen LogP contribution in [0.15, 0.2) is 28.7 Å². The van der Waals surface area contributed by atoms with Gasteiger partial charge in [0.15, 0.2) is 6.61 Å². The summed E-state index contributed by atoms with van der Waals surface area (Å²) in [6, 6.07) is 7.35. The highest BCUT2D eigenvalue weighted by atomic mass is 79.9. The molecule has 0 unspecified atom stereocenters. The Morgan fingerprint density at radius 3 is 2.95 bits per heavy atom. The molecule has 0 saturated carbocycles. The van der Waals surface area contributed by atoms with Crippen molar-refractivity contribution in [3.05, 3.63) is 28.7 Å². The Kier molecular flexibility index (Phi) is 6.24. The van der Waals surface area contributed by atoms with Crippen molar-refractivity contribution in [2.24, 2.45) is 5.92 Å². The lowest BCUT2D eigenvalue weighted by Gasteiger charge is -2.31.